The maximum atomic E-state index is 11.8. The average Bonchev–Trinajstić information content (AvgIpc) is 3.26. The molecule has 0 aliphatic heterocycles. The summed E-state index contributed by atoms with van der Waals surface area (Å²) < 4.78 is 1.78. The fourth-order valence-electron chi connectivity index (χ4n) is 2.40. The van der Waals surface area contributed by atoms with Crippen LogP contribution in [0.2, 0.25) is 0 Å². The molecule has 3 aromatic rings. The van der Waals surface area contributed by atoms with Gasteiger partial charge in [0.25, 0.3) is 0 Å². The first-order valence-corrected chi connectivity index (χ1v) is 9.09. The van der Waals surface area contributed by atoms with Crippen molar-refractivity contribution < 1.29 is 4.79 Å². The molecule has 0 aromatic carbocycles. The van der Waals surface area contributed by atoms with Gasteiger partial charge in [-0.1, -0.05) is 6.07 Å². The van der Waals surface area contributed by atoms with Gasteiger partial charge >= 0.3 is 0 Å². The normalized spacial score (nSPS) is 11.0. The fourth-order valence-corrected chi connectivity index (χ4v) is 3.02. The van der Waals surface area contributed by atoms with Crippen LogP contribution in [-0.2, 0) is 4.79 Å². The Morgan fingerprint density at radius 2 is 2.15 bits per heavy atom. The third-order valence-electron chi connectivity index (χ3n) is 3.55. The second-order valence-electron chi connectivity index (χ2n) is 5.67. The summed E-state index contributed by atoms with van der Waals surface area (Å²) >= 11 is 1.59. The molecule has 7 nitrogen and oxygen atoms in total. The highest BCUT2D eigenvalue weighted by molar-refractivity contribution is 7.10. The van der Waals surface area contributed by atoms with Crippen LogP contribution in [0, 0.1) is 13.8 Å². The molecular weight excluding hydrogens is 348 g/mol. The van der Waals surface area contributed by atoms with Crippen molar-refractivity contribution in [3.8, 4) is 5.82 Å². The SMILES string of the molecule is Cc1cc(C)n(-c2cc(NCCNC(=O)/C=C/c3cccs3)ncn2)n1. The Labute approximate surface area is 155 Å². The summed E-state index contributed by atoms with van der Waals surface area (Å²) in [6.45, 7) is 4.98. The molecule has 1 amide bonds. The average molecular weight is 368 g/mol. The number of hydrogen-bond donors (Lipinski definition) is 2. The summed E-state index contributed by atoms with van der Waals surface area (Å²) in [6.07, 6.45) is 4.84. The molecule has 3 heterocycles. The Hall–Kier alpha value is -3.00. The van der Waals surface area contributed by atoms with Gasteiger partial charge in [0.15, 0.2) is 5.82 Å². The molecular formula is C18H20N6OS. The number of aryl methyl sites for hydroxylation is 2. The minimum atomic E-state index is -0.119. The lowest BCUT2D eigenvalue weighted by Crippen LogP contribution is -2.27. The van der Waals surface area contributed by atoms with Gasteiger partial charge in [-0.15, -0.1) is 11.3 Å². The summed E-state index contributed by atoms with van der Waals surface area (Å²) in [4.78, 5) is 21.3. The predicted octanol–water partition coefficient (Wildman–Crippen LogP) is 2.58. The van der Waals surface area contributed by atoms with E-state index in [-0.39, 0.29) is 5.91 Å². The van der Waals surface area contributed by atoms with Crippen LogP contribution in [0.25, 0.3) is 11.9 Å². The second-order valence-corrected chi connectivity index (χ2v) is 6.65. The first-order valence-electron chi connectivity index (χ1n) is 8.21. The van der Waals surface area contributed by atoms with Gasteiger partial charge in [0.1, 0.15) is 12.1 Å². The zero-order chi connectivity index (χ0) is 18.4. The molecule has 0 saturated carbocycles. The van der Waals surface area contributed by atoms with Crippen LogP contribution in [0.15, 0.2) is 42.0 Å². The van der Waals surface area contributed by atoms with E-state index in [9.17, 15) is 4.79 Å². The van der Waals surface area contributed by atoms with E-state index in [2.05, 4.69) is 25.7 Å². The number of nitrogens with zero attached hydrogens (tertiary/aromatic N) is 4. The summed E-state index contributed by atoms with van der Waals surface area (Å²) in [6, 6.07) is 7.74. The number of aromatic nitrogens is 4. The third-order valence-corrected chi connectivity index (χ3v) is 4.39. The summed E-state index contributed by atoms with van der Waals surface area (Å²) in [5.41, 5.74) is 1.95. The number of carbonyl (C=O) groups excluding carboxylic acids is 1. The van der Waals surface area contributed by atoms with Crippen LogP contribution in [0.3, 0.4) is 0 Å². The Balaban J connectivity index is 1.48. The van der Waals surface area contributed by atoms with Gasteiger partial charge in [-0.05, 0) is 37.4 Å². The highest BCUT2D eigenvalue weighted by Crippen LogP contribution is 2.12. The Morgan fingerprint density at radius 3 is 2.88 bits per heavy atom. The second kappa shape index (κ2) is 8.39. The van der Waals surface area contributed by atoms with E-state index in [1.165, 1.54) is 12.4 Å². The minimum Gasteiger partial charge on any atom is -0.368 e. The van der Waals surface area contributed by atoms with E-state index in [1.807, 2.05) is 43.5 Å². The van der Waals surface area contributed by atoms with E-state index in [0.29, 0.717) is 24.7 Å². The molecule has 0 aliphatic carbocycles. The van der Waals surface area contributed by atoms with Crippen LogP contribution >= 0.6 is 11.3 Å². The molecule has 26 heavy (non-hydrogen) atoms. The number of hydrogen-bond acceptors (Lipinski definition) is 6. The van der Waals surface area contributed by atoms with E-state index in [4.69, 9.17) is 0 Å². The molecule has 0 atom stereocenters. The maximum absolute atomic E-state index is 11.8. The molecule has 3 rings (SSSR count). The van der Waals surface area contributed by atoms with Crippen LogP contribution in [0.5, 0.6) is 0 Å². The lowest BCUT2D eigenvalue weighted by Gasteiger charge is -2.08. The molecule has 0 fully saturated rings. The summed E-state index contributed by atoms with van der Waals surface area (Å²) in [5, 5.41) is 12.4. The standard InChI is InChI=1S/C18H20N6OS/c1-13-10-14(2)24(23-13)17-11-16(21-12-22-17)19-7-8-20-18(25)6-5-15-4-3-9-26-15/h3-6,9-12H,7-8H2,1-2H3,(H,20,25)(H,19,21,22)/b6-5+. The highest BCUT2D eigenvalue weighted by Gasteiger charge is 2.06. The molecule has 0 saturated heterocycles. The van der Waals surface area contributed by atoms with Crippen molar-refractivity contribution >= 4 is 29.1 Å². The van der Waals surface area contributed by atoms with Crippen molar-refractivity contribution in [2.24, 2.45) is 0 Å². The van der Waals surface area contributed by atoms with Crippen LogP contribution < -0.4 is 10.6 Å². The maximum Gasteiger partial charge on any atom is 0.244 e. The predicted molar refractivity (Wildman–Crippen MR) is 103 cm³/mol. The summed E-state index contributed by atoms with van der Waals surface area (Å²) in [7, 11) is 0. The fraction of sp³-hybridized carbons (Fsp3) is 0.222. The van der Waals surface area contributed by atoms with E-state index in [1.54, 1.807) is 22.1 Å². The van der Waals surface area contributed by atoms with Gasteiger partial charge in [-0.3, -0.25) is 4.79 Å². The van der Waals surface area contributed by atoms with Gasteiger partial charge in [0.2, 0.25) is 5.91 Å². The molecule has 0 bridgehead atoms. The van der Waals surface area contributed by atoms with Crippen molar-refractivity contribution in [3.63, 3.8) is 0 Å². The van der Waals surface area contributed by atoms with E-state index >= 15 is 0 Å². The van der Waals surface area contributed by atoms with E-state index in [0.717, 1.165) is 16.3 Å². The van der Waals surface area contributed by atoms with Crippen molar-refractivity contribution in [1.29, 1.82) is 0 Å². The van der Waals surface area contributed by atoms with Crippen LogP contribution in [0.1, 0.15) is 16.3 Å². The number of amides is 1. The van der Waals surface area contributed by atoms with Gasteiger partial charge in [-0.2, -0.15) is 5.10 Å². The Kier molecular flexibility index (Phi) is 5.75. The van der Waals surface area contributed by atoms with Gasteiger partial charge in [-0.25, -0.2) is 14.6 Å². The molecule has 3 aromatic heterocycles. The number of thiophene rings is 1. The zero-order valence-electron chi connectivity index (χ0n) is 14.6. The van der Waals surface area contributed by atoms with Crippen LogP contribution in [0.4, 0.5) is 5.82 Å². The lowest BCUT2D eigenvalue weighted by atomic mass is 10.4. The van der Waals surface area contributed by atoms with Crippen molar-refractivity contribution in [1.82, 2.24) is 25.1 Å². The van der Waals surface area contributed by atoms with E-state index < -0.39 is 0 Å². The van der Waals surface area contributed by atoms with Crippen LogP contribution in [-0.4, -0.2) is 38.7 Å². The zero-order valence-corrected chi connectivity index (χ0v) is 15.5. The minimum absolute atomic E-state index is 0.119. The molecule has 134 valence electrons. The number of nitrogens with one attached hydrogen (secondary N) is 2. The molecule has 2 N–H and O–H groups in total. The monoisotopic (exact) mass is 368 g/mol. The molecule has 0 aliphatic rings. The molecule has 8 heteroatoms. The smallest absolute Gasteiger partial charge is 0.244 e. The first-order chi connectivity index (χ1) is 12.6. The van der Waals surface area contributed by atoms with Gasteiger partial charge in [0.05, 0.1) is 5.69 Å². The number of rotatable bonds is 7. The molecule has 0 spiro atoms. The topological polar surface area (TPSA) is 84.7 Å². The quantitative estimate of drug-likeness (QED) is 0.495. The summed E-state index contributed by atoms with van der Waals surface area (Å²) in [5.74, 6) is 1.27. The first kappa shape index (κ1) is 17.8. The number of anilines is 1. The van der Waals surface area contributed by atoms with Gasteiger partial charge < -0.3 is 10.6 Å². The van der Waals surface area contributed by atoms with Crippen molar-refractivity contribution in [2.75, 3.05) is 18.4 Å². The third kappa shape index (κ3) is 4.76. The van der Waals surface area contributed by atoms with Crippen molar-refractivity contribution in [3.05, 3.63) is 58.3 Å². The largest absolute Gasteiger partial charge is 0.368 e. The number of carbonyl (C=O) groups is 1. The molecule has 0 radical (unpaired) electrons. The highest BCUT2D eigenvalue weighted by atomic mass is 32.1. The van der Waals surface area contributed by atoms with Gasteiger partial charge in [0, 0.05) is 35.8 Å². The van der Waals surface area contributed by atoms with Crippen molar-refractivity contribution in [2.45, 2.75) is 13.8 Å². The molecule has 0 unspecified atom stereocenters. The Morgan fingerprint density at radius 1 is 1.27 bits per heavy atom. The lowest BCUT2D eigenvalue weighted by molar-refractivity contribution is -0.116. The Bertz CT molecular complexity index is 900.